The van der Waals surface area contributed by atoms with Crippen LogP contribution in [0.25, 0.3) is 10.9 Å². The number of benzene rings is 1. The lowest BCUT2D eigenvalue weighted by molar-refractivity contribution is -0.141. The summed E-state index contributed by atoms with van der Waals surface area (Å²) < 4.78 is 40.3. The number of fused-ring (bicyclic) bond motifs is 1. The minimum Gasteiger partial charge on any atom is -0.384 e. The molecule has 0 saturated heterocycles. The monoisotopic (exact) mass is 428 g/mol. The van der Waals surface area contributed by atoms with Crippen LogP contribution in [0.4, 0.5) is 18.9 Å². The zero-order valence-electron chi connectivity index (χ0n) is 11.4. The van der Waals surface area contributed by atoms with Gasteiger partial charge in [0.2, 0.25) is 0 Å². The highest BCUT2D eigenvalue weighted by Crippen LogP contribution is 2.39. The summed E-state index contributed by atoms with van der Waals surface area (Å²) in [5, 5.41) is 3.91. The molecule has 0 amide bonds. The van der Waals surface area contributed by atoms with E-state index in [-0.39, 0.29) is 16.1 Å². The first-order chi connectivity index (χ1) is 9.75. The summed E-state index contributed by atoms with van der Waals surface area (Å²) in [7, 11) is 0. The molecule has 7 heteroatoms. The van der Waals surface area contributed by atoms with Gasteiger partial charge in [0.05, 0.1) is 10.5 Å². The highest BCUT2D eigenvalue weighted by Gasteiger charge is 2.36. The van der Waals surface area contributed by atoms with Crippen molar-refractivity contribution in [2.24, 2.45) is 0 Å². The van der Waals surface area contributed by atoms with Gasteiger partial charge < -0.3 is 5.32 Å². The summed E-state index contributed by atoms with van der Waals surface area (Å²) in [6, 6.07) is 3.40. The molecule has 0 unspecified atom stereocenters. The standard InChI is InChI=1S/C14H13ClF3IN2/c1-3-4-20-11-7(2)13(14(16,17)18)21-12-9(11)5-8(19)6-10(12)15/h5-6H,3-4H2,1-2H3,(H,20,21). The van der Waals surface area contributed by atoms with Crippen LogP contribution in [0, 0.1) is 10.5 Å². The van der Waals surface area contributed by atoms with E-state index in [0.29, 0.717) is 17.6 Å². The first kappa shape index (κ1) is 16.6. The third kappa shape index (κ3) is 3.36. The van der Waals surface area contributed by atoms with Crippen LogP contribution in [0.1, 0.15) is 24.6 Å². The van der Waals surface area contributed by atoms with Crippen molar-refractivity contribution in [2.45, 2.75) is 26.4 Å². The molecule has 0 aliphatic heterocycles. The van der Waals surface area contributed by atoms with Gasteiger partial charge in [-0.05, 0) is 48.1 Å². The van der Waals surface area contributed by atoms with Crippen LogP contribution in [0.15, 0.2) is 12.1 Å². The highest BCUT2D eigenvalue weighted by molar-refractivity contribution is 14.1. The van der Waals surface area contributed by atoms with Crippen molar-refractivity contribution in [2.75, 3.05) is 11.9 Å². The number of pyridine rings is 1. The van der Waals surface area contributed by atoms with Crippen LogP contribution < -0.4 is 5.32 Å². The van der Waals surface area contributed by atoms with Crippen LogP contribution in [0.5, 0.6) is 0 Å². The Morgan fingerprint density at radius 2 is 2.00 bits per heavy atom. The number of anilines is 1. The fourth-order valence-corrected chi connectivity index (χ4v) is 3.21. The number of alkyl halides is 3. The molecule has 0 atom stereocenters. The Kier molecular flexibility index (Phi) is 4.87. The van der Waals surface area contributed by atoms with Gasteiger partial charge >= 0.3 is 6.18 Å². The van der Waals surface area contributed by atoms with Crippen molar-refractivity contribution in [3.05, 3.63) is 32.0 Å². The fourth-order valence-electron chi connectivity index (χ4n) is 2.14. The molecule has 0 saturated carbocycles. The third-order valence-corrected chi connectivity index (χ3v) is 3.98. The van der Waals surface area contributed by atoms with Gasteiger partial charge in [-0.15, -0.1) is 0 Å². The van der Waals surface area contributed by atoms with Crippen molar-refractivity contribution >= 4 is 50.8 Å². The molecule has 1 heterocycles. The van der Waals surface area contributed by atoms with Gasteiger partial charge in [0.25, 0.3) is 0 Å². The molecule has 1 N–H and O–H groups in total. The quantitative estimate of drug-likeness (QED) is 0.640. The molecule has 1 aromatic carbocycles. The topological polar surface area (TPSA) is 24.9 Å². The van der Waals surface area contributed by atoms with Gasteiger partial charge in [-0.1, -0.05) is 18.5 Å². The normalized spacial score (nSPS) is 12.0. The minimum atomic E-state index is -4.51. The van der Waals surface area contributed by atoms with Crippen LogP contribution in [0.3, 0.4) is 0 Å². The summed E-state index contributed by atoms with van der Waals surface area (Å²) in [6.07, 6.45) is -3.70. The van der Waals surface area contributed by atoms with Crippen molar-refractivity contribution < 1.29 is 13.2 Å². The lowest BCUT2D eigenvalue weighted by atomic mass is 10.1. The Bertz CT molecular complexity index is 686. The van der Waals surface area contributed by atoms with E-state index in [1.807, 2.05) is 6.92 Å². The smallest absolute Gasteiger partial charge is 0.384 e. The molecule has 2 nitrogen and oxygen atoms in total. The maximum Gasteiger partial charge on any atom is 0.433 e. The average molecular weight is 429 g/mol. The summed E-state index contributed by atoms with van der Waals surface area (Å²) in [5.74, 6) is 0. The van der Waals surface area contributed by atoms with Crippen LogP contribution >= 0.6 is 34.2 Å². The second-order valence-corrected chi connectivity index (χ2v) is 6.32. The van der Waals surface area contributed by atoms with Gasteiger partial charge in [-0.25, -0.2) is 4.98 Å². The summed E-state index contributed by atoms with van der Waals surface area (Å²) in [4.78, 5) is 3.76. The third-order valence-electron chi connectivity index (χ3n) is 3.07. The van der Waals surface area contributed by atoms with E-state index in [0.717, 1.165) is 9.99 Å². The number of aromatic nitrogens is 1. The fraction of sp³-hybridized carbons (Fsp3) is 0.357. The SMILES string of the molecule is CCCNc1c(C)c(C(F)(F)F)nc2c(Cl)cc(I)cc12. The Labute approximate surface area is 139 Å². The highest BCUT2D eigenvalue weighted by atomic mass is 127. The molecule has 1 aromatic heterocycles. The summed E-state index contributed by atoms with van der Waals surface area (Å²) in [5.41, 5.74) is -0.165. The number of rotatable bonds is 3. The number of hydrogen-bond acceptors (Lipinski definition) is 2. The van der Waals surface area contributed by atoms with Gasteiger partial charge in [0.1, 0.15) is 5.69 Å². The predicted octanol–water partition coefficient (Wildman–Crippen LogP) is 5.64. The number of hydrogen-bond donors (Lipinski definition) is 1. The van der Waals surface area contributed by atoms with Gasteiger partial charge in [0, 0.05) is 26.8 Å². The predicted molar refractivity (Wildman–Crippen MR) is 88.0 cm³/mol. The van der Waals surface area contributed by atoms with Crippen LogP contribution in [-0.4, -0.2) is 11.5 Å². The second-order valence-electron chi connectivity index (χ2n) is 4.67. The van der Waals surface area contributed by atoms with Crippen molar-refractivity contribution in [3.8, 4) is 0 Å². The molecular weight excluding hydrogens is 416 g/mol. The van der Waals surface area contributed by atoms with Gasteiger partial charge in [0.15, 0.2) is 0 Å². The molecule has 21 heavy (non-hydrogen) atoms. The maximum absolute atomic E-state index is 13.2. The number of nitrogens with one attached hydrogen (secondary N) is 1. The van der Waals surface area contributed by atoms with E-state index in [2.05, 4.69) is 32.9 Å². The van der Waals surface area contributed by atoms with Crippen molar-refractivity contribution in [3.63, 3.8) is 0 Å². The molecule has 2 rings (SSSR count). The molecule has 0 radical (unpaired) electrons. The van der Waals surface area contributed by atoms with Crippen LogP contribution in [-0.2, 0) is 6.18 Å². The van der Waals surface area contributed by atoms with Crippen LogP contribution in [0.2, 0.25) is 5.02 Å². The number of nitrogens with zero attached hydrogens (tertiary/aromatic N) is 1. The molecule has 0 spiro atoms. The largest absolute Gasteiger partial charge is 0.433 e. The summed E-state index contributed by atoms with van der Waals surface area (Å²) in [6.45, 7) is 3.97. The van der Waals surface area contributed by atoms with E-state index < -0.39 is 11.9 Å². The van der Waals surface area contributed by atoms with E-state index in [1.54, 1.807) is 12.1 Å². The molecule has 0 fully saturated rings. The van der Waals surface area contributed by atoms with E-state index >= 15 is 0 Å². The Morgan fingerprint density at radius 3 is 2.57 bits per heavy atom. The Morgan fingerprint density at radius 1 is 1.33 bits per heavy atom. The van der Waals surface area contributed by atoms with Gasteiger partial charge in [-0.3, -0.25) is 0 Å². The second kappa shape index (κ2) is 6.16. The maximum atomic E-state index is 13.2. The molecule has 0 bridgehead atoms. The van der Waals surface area contributed by atoms with E-state index in [9.17, 15) is 13.2 Å². The molecular formula is C14H13ClF3IN2. The first-order valence-electron chi connectivity index (χ1n) is 6.36. The van der Waals surface area contributed by atoms with Crippen molar-refractivity contribution in [1.29, 1.82) is 0 Å². The molecule has 0 aliphatic rings. The minimum absolute atomic E-state index is 0.0986. The zero-order valence-corrected chi connectivity index (χ0v) is 14.3. The van der Waals surface area contributed by atoms with E-state index in [1.165, 1.54) is 6.92 Å². The molecule has 114 valence electrons. The average Bonchev–Trinajstić information content (AvgIpc) is 2.35. The first-order valence-corrected chi connectivity index (χ1v) is 7.81. The summed E-state index contributed by atoms with van der Waals surface area (Å²) >= 11 is 8.16. The zero-order chi connectivity index (χ0) is 15.8. The lowest BCUT2D eigenvalue weighted by Gasteiger charge is -2.18. The van der Waals surface area contributed by atoms with Crippen molar-refractivity contribution in [1.82, 2.24) is 4.98 Å². The number of halogens is 5. The van der Waals surface area contributed by atoms with E-state index in [4.69, 9.17) is 11.6 Å². The lowest BCUT2D eigenvalue weighted by Crippen LogP contribution is -2.14. The Hall–Kier alpha value is -0.760. The molecule has 2 aromatic rings. The van der Waals surface area contributed by atoms with Gasteiger partial charge in [-0.2, -0.15) is 13.2 Å². The Balaban J connectivity index is 2.83. The molecule has 0 aliphatic carbocycles.